The third kappa shape index (κ3) is 4.06. The van der Waals surface area contributed by atoms with Crippen LogP contribution in [-0.2, 0) is 20.8 Å². The van der Waals surface area contributed by atoms with Crippen LogP contribution in [0.2, 0.25) is 0 Å². The highest BCUT2D eigenvalue weighted by molar-refractivity contribution is 6.00. The van der Waals surface area contributed by atoms with Gasteiger partial charge in [-0.05, 0) is 49.1 Å². The summed E-state index contributed by atoms with van der Waals surface area (Å²) in [7, 11) is 0. The van der Waals surface area contributed by atoms with Gasteiger partial charge in [0, 0.05) is 19.3 Å². The van der Waals surface area contributed by atoms with Crippen molar-refractivity contribution in [3.05, 3.63) is 35.4 Å². The Hall–Kier alpha value is -1.97. The first-order valence-electron chi connectivity index (χ1n) is 8.56. The molecule has 122 valence electrons. The highest BCUT2D eigenvalue weighted by Gasteiger charge is 2.27. The molecule has 1 saturated carbocycles. The van der Waals surface area contributed by atoms with Crippen LogP contribution in [0.5, 0.6) is 0 Å². The van der Waals surface area contributed by atoms with Gasteiger partial charge in [-0.2, -0.15) is 0 Å². The summed E-state index contributed by atoms with van der Waals surface area (Å²) < 4.78 is 0. The lowest BCUT2D eigenvalue weighted by atomic mass is 9.84. The number of hydrogen-bond donors (Lipinski definition) is 1. The van der Waals surface area contributed by atoms with Gasteiger partial charge in [-0.1, -0.05) is 24.3 Å². The number of hydrogen-bond acceptors (Lipinski definition) is 3. The number of carbonyl (C=O) groups is 3. The summed E-state index contributed by atoms with van der Waals surface area (Å²) in [5, 5.41) is 2.41. The normalized spacial score (nSPS) is 23.0. The molecule has 3 rings (SSSR count). The number of Topliss-reactive ketones (excluding diaryl/α,β-unsaturated/α-hetero) is 1. The highest BCUT2D eigenvalue weighted by atomic mass is 16.2. The van der Waals surface area contributed by atoms with E-state index in [2.05, 4.69) is 17.4 Å². The second-order valence-corrected chi connectivity index (χ2v) is 6.77. The van der Waals surface area contributed by atoms with Crippen LogP contribution >= 0.6 is 0 Å². The first-order valence-corrected chi connectivity index (χ1v) is 8.56. The summed E-state index contributed by atoms with van der Waals surface area (Å²) in [6, 6.07) is 8.21. The monoisotopic (exact) mass is 313 g/mol. The molecule has 2 fully saturated rings. The zero-order valence-electron chi connectivity index (χ0n) is 13.3. The van der Waals surface area contributed by atoms with Gasteiger partial charge in [0.25, 0.3) is 0 Å². The Balaban J connectivity index is 1.54. The molecule has 2 aliphatic rings. The molecule has 1 aliphatic carbocycles. The Kier molecular flexibility index (Phi) is 4.89. The standard InChI is InChI=1S/C19H23NO3/c21-16-9-5-14(6-10-16)2-1-13-3-7-15(8-4-13)17-11-12-18(22)20-19(17)23/h3-4,7-8,14,17H,1-2,5-6,9-12H2,(H,20,22,23). The van der Waals surface area contributed by atoms with Crippen LogP contribution in [-0.4, -0.2) is 17.6 Å². The molecule has 1 unspecified atom stereocenters. The number of piperidine rings is 1. The van der Waals surface area contributed by atoms with E-state index in [1.807, 2.05) is 12.1 Å². The molecule has 23 heavy (non-hydrogen) atoms. The van der Waals surface area contributed by atoms with Gasteiger partial charge >= 0.3 is 0 Å². The van der Waals surface area contributed by atoms with Crippen molar-refractivity contribution in [1.29, 1.82) is 0 Å². The average Bonchev–Trinajstić information content (AvgIpc) is 2.55. The molecule has 0 aromatic heterocycles. The van der Waals surface area contributed by atoms with E-state index in [4.69, 9.17) is 0 Å². The fraction of sp³-hybridized carbons (Fsp3) is 0.526. The zero-order chi connectivity index (χ0) is 16.2. The van der Waals surface area contributed by atoms with E-state index in [1.165, 1.54) is 5.56 Å². The Morgan fingerprint density at radius 3 is 2.26 bits per heavy atom. The van der Waals surface area contributed by atoms with E-state index in [1.54, 1.807) is 0 Å². The van der Waals surface area contributed by atoms with Gasteiger partial charge in [-0.15, -0.1) is 0 Å². The Bertz CT molecular complexity index is 596. The van der Waals surface area contributed by atoms with Crippen LogP contribution in [0.3, 0.4) is 0 Å². The molecular formula is C19H23NO3. The van der Waals surface area contributed by atoms with Crippen molar-refractivity contribution in [2.75, 3.05) is 0 Å². The maximum atomic E-state index is 11.9. The number of carbonyl (C=O) groups excluding carboxylic acids is 3. The van der Waals surface area contributed by atoms with Crippen molar-refractivity contribution in [3.8, 4) is 0 Å². The summed E-state index contributed by atoms with van der Waals surface area (Å²) in [5.41, 5.74) is 2.26. The summed E-state index contributed by atoms with van der Waals surface area (Å²) in [4.78, 5) is 34.4. The van der Waals surface area contributed by atoms with E-state index in [0.29, 0.717) is 24.5 Å². The topological polar surface area (TPSA) is 63.2 Å². The van der Waals surface area contributed by atoms with Gasteiger partial charge in [0.15, 0.2) is 0 Å². The molecule has 4 nitrogen and oxygen atoms in total. The summed E-state index contributed by atoms with van der Waals surface area (Å²) in [6.45, 7) is 0. The molecule has 1 aromatic rings. The van der Waals surface area contributed by atoms with Crippen LogP contribution in [0.15, 0.2) is 24.3 Å². The minimum absolute atomic E-state index is 0.172. The quantitative estimate of drug-likeness (QED) is 0.869. The predicted molar refractivity (Wildman–Crippen MR) is 86.9 cm³/mol. The fourth-order valence-electron chi connectivity index (χ4n) is 3.59. The Labute approximate surface area is 136 Å². The zero-order valence-corrected chi connectivity index (χ0v) is 13.3. The van der Waals surface area contributed by atoms with E-state index < -0.39 is 0 Å². The molecule has 4 heteroatoms. The second kappa shape index (κ2) is 7.07. The maximum absolute atomic E-state index is 11.9. The SMILES string of the molecule is O=C1CCC(CCc2ccc(C3CCC(=O)NC3=O)cc2)CC1. The fourth-order valence-corrected chi connectivity index (χ4v) is 3.59. The first-order chi connectivity index (χ1) is 11.1. The van der Waals surface area contributed by atoms with Crippen molar-refractivity contribution in [2.45, 2.75) is 57.3 Å². The Morgan fingerprint density at radius 1 is 0.913 bits per heavy atom. The van der Waals surface area contributed by atoms with Gasteiger partial charge in [0.2, 0.25) is 11.8 Å². The molecule has 1 aromatic carbocycles. The molecule has 2 amide bonds. The molecule has 1 N–H and O–H groups in total. The van der Waals surface area contributed by atoms with E-state index >= 15 is 0 Å². The van der Waals surface area contributed by atoms with E-state index in [9.17, 15) is 14.4 Å². The lowest BCUT2D eigenvalue weighted by Gasteiger charge is -2.22. The summed E-state index contributed by atoms with van der Waals surface area (Å²) >= 11 is 0. The number of imide groups is 1. The maximum Gasteiger partial charge on any atom is 0.234 e. The van der Waals surface area contributed by atoms with Crippen molar-refractivity contribution in [2.24, 2.45) is 5.92 Å². The van der Waals surface area contributed by atoms with E-state index in [-0.39, 0.29) is 17.7 Å². The predicted octanol–water partition coefficient (Wildman–Crippen LogP) is 2.90. The van der Waals surface area contributed by atoms with Crippen LogP contribution in [0, 0.1) is 5.92 Å². The molecule has 0 spiro atoms. The molecule has 0 bridgehead atoms. The molecule has 1 heterocycles. The van der Waals surface area contributed by atoms with Crippen LogP contribution < -0.4 is 5.32 Å². The summed E-state index contributed by atoms with van der Waals surface area (Å²) in [6.07, 6.45) is 6.73. The largest absolute Gasteiger partial charge is 0.300 e. The van der Waals surface area contributed by atoms with Crippen LogP contribution in [0.25, 0.3) is 0 Å². The van der Waals surface area contributed by atoms with Crippen molar-refractivity contribution in [1.82, 2.24) is 5.32 Å². The first kappa shape index (κ1) is 15.9. The van der Waals surface area contributed by atoms with Gasteiger partial charge < -0.3 is 0 Å². The third-order valence-corrected chi connectivity index (χ3v) is 5.13. The average molecular weight is 313 g/mol. The van der Waals surface area contributed by atoms with Crippen LogP contribution in [0.4, 0.5) is 0 Å². The molecule has 1 saturated heterocycles. The van der Waals surface area contributed by atoms with Gasteiger partial charge in [-0.25, -0.2) is 0 Å². The Morgan fingerprint density at radius 2 is 1.61 bits per heavy atom. The third-order valence-electron chi connectivity index (χ3n) is 5.13. The summed E-state index contributed by atoms with van der Waals surface area (Å²) in [5.74, 6) is 0.526. The van der Waals surface area contributed by atoms with Crippen molar-refractivity contribution >= 4 is 17.6 Å². The lowest BCUT2D eigenvalue weighted by Crippen LogP contribution is -2.39. The number of benzene rings is 1. The number of nitrogens with one attached hydrogen (secondary N) is 1. The number of amides is 2. The minimum atomic E-state index is -0.203. The lowest BCUT2D eigenvalue weighted by molar-refractivity contribution is -0.134. The minimum Gasteiger partial charge on any atom is -0.300 e. The molecule has 1 atom stereocenters. The van der Waals surface area contributed by atoms with Gasteiger partial charge in [0.1, 0.15) is 5.78 Å². The van der Waals surface area contributed by atoms with Crippen molar-refractivity contribution in [3.63, 3.8) is 0 Å². The molecule has 0 radical (unpaired) electrons. The number of aryl methyl sites for hydroxylation is 1. The van der Waals surface area contributed by atoms with Gasteiger partial charge in [-0.3, -0.25) is 19.7 Å². The van der Waals surface area contributed by atoms with Crippen molar-refractivity contribution < 1.29 is 14.4 Å². The highest BCUT2D eigenvalue weighted by Crippen LogP contribution is 2.27. The van der Waals surface area contributed by atoms with Gasteiger partial charge in [0.05, 0.1) is 5.92 Å². The number of rotatable bonds is 4. The molecule has 1 aliphatic heterocycles. The molecular weight excluding hydrogens is 290 g/mol. The second-order valence-electron chi connectivity index (χ2n) is 6.77. The number of ketones is 1. The van der Waals surface area contributed by atoms with E-state index in [0.717, 1.165) is 44.1 Å². The smallest absolute Gasteiger partial charge is 0.234 e. The van der Waals surface area contributed by atoms with Crippen LogP contribution in [0.1, 0.15) is 62.0 Å².